The highest BCUT2D eigenvalue weighted by molar-refractivity contribution is 5.99. The van der Waals surface area contributed by atoms with Gasteiger partial charge in [0.2, 0.25) is 0 Å². The summed E-state index contributed by atoms with van der Waals surface area (Å²) in [6, 6.07) is 16.1. The van der Waals surface area contributed by atoms with Crippen molar-refractivity contribution >= 4 is 11.5 Å². The summed E-state index contributed by atoms with van der Waals surface area (Å²) in [5.41, 5.74) is 4.23. The van der Waals surface area contributed by atoms with Crippen LogP contribution in [0.25, 0.3) is 0 Å². The fourth-order valence-electron chi connectivity index (χ4n) is 2.22. The number of hydrogen-bond acceptors (Lipinski definition) is 2. The van der Waals surface area contributed by atoms with Crippen molar-refractivity contribution in [2.45, 2.75) is 20.8 Å². The third-order valence-corrected chi connectivity index (χ3v) is 3.46. The summed E-state index contributed by atoms with van der Waals surface area (Å²) >= 11 is 0. The number of aryl methyl sites for hydroxylation is 2. The third kappa shape index (κ3) is 3.47. The van der Waals surface area contributed by atoms with E-state index in [1.807, 2.05) is 31.2 Å². The van der Waals surface area contributed by atoms with Gasteiger partial charge in [0, 0.05) is 17.8 Å². The van der Waals surface area contributed by atoms with Gasteiger partial charge in [-0.15, -0.1) is 0 Å². The molecule has 0 radical (unpaired) electrons. The maximum absolute atomic E-state index is 12.4. The summed E-state index contributed by atoms with van der Waals surface area (Å²) in [5.74, 6) is 0.163. The summed E-state index contributed by atoms with van der Waals surface area (Å²) in [7, 11) is 0. The zero-order chi connectivity index (χ0) is 14.5. The van der Waals surface area contributed by atoms with E-state index >= 15 is 0 Å². The fourth-order valence-corrected chi connectivity index (χ4v) is 2.22. The quantitative estimate of drug-likeness (QED) is 0.763. The first-order valence-electron chi connectivity index (χ1n) is 7.01. The molecule has 0 amide bonds. The van der Waals surface area contributed by atoms with Crippen LogP contribution < -0.4 is 4.90 Å². The number of anilines is 1. The first kappa shape index (κ1) is 14.3. The molecule has 0 aliphatic heterocycles. The highest BCUT2D eigenvalue weighted by Crippen LogP contribution is 2.16. The molecule has 2 aromatic rings. The molecule has 2 aromatic carbocycles. The molecule has 0 saturated carbocycles. The second kappa shape index (κ2) is 6.38. The molecule has 0 saturated heterocycles. The van der Waals surface area contributed by atoms with Crippen LogP contribution in [0.15, 0.2) is 48.5 Å². The van der Waals surface area contributed by atoms with Crippen LogP contribution in [0.5, 0.6) is 0 Å². The lowest BCUT2D eigenvalue weighted by atomic mass is 10.1. The van der Waals surface area contributed by atoms with Crippen LogP contribution in [0.1, 0.15) is 28.4 Å². The second-order valence-electron chi connectivity index (χ2n) is 5.14. The Morgan fingerprint density at radius 1 is 1.00 bits per heavy atom. The van der Waals surface area contributed by atoms with Crippen LogP contribution in [0.2, 0.25) is 0 Å². The lowest BCUT2D eigenvalue weighted by molar-refractivity contribution is 0.0999. The Morgan fingerprint density at radius 3 is 2.30 bits per heavy atom. The molecule has 0 N–H and O–H groups in total. The van der Waals surface area contributed by atoms with Crippen molar-refractivity contribution in [1.29, 1.82) is 0 Å². The van der Waals surface area contributed by atoms with Gasteiger partial charge < -0.3 is 4.90 Å². The van der Waals surface area contributed by atoms with Crippen LogP contribution in [0.4, 0.5) is 5.69 Å². The van der Waals surface area contributed by atoms with Crippen molar-refractivity contribution in [3.05, 3.63) is 65.2 Å². The Morgan fingerprint density at radius 2 is 1.70 bits per heavy atom. The van der Waals surface area contributed by atoms with Gasteiger partial charge in [-0.05, 0) is 39.0 Å². The molecule has 0 aromatic heterocycles. The predicted molar refractivity (Wildman–Crippen MR) is 84.6 cm³/mol. The standard InChI is InChI=1S/C18H21NO/c1-4-19(17-10-8-14(2)9-11-17)13-18(20)16-7-5-6-15(3)12-16/h5-12H,4,13H2,1-3H3. The van der Waals surface area contributed by atoms with Crippen LogP contribution in [0, 0.1) is 13.8 Å². The van der Waals surface area contributed by atoms with E-state index in [0.717, 1.165) is 23.4 Å². The van der Waals surface area contributed by atoms with Gasteiger partial charge in [0.1, 0.15) is 0 Å². The summed E-state index contributed by atoms with van der Waals surface area (Å²) in [6.45, 7) is 7.39. The van der Waals surface area contributed by atoms with Crippen LogP contribution >= 0.6 is 0 Å². The molecule has 104 valence electrons. The molecule has 0 fully saturated rings. The van der Waals surface area contributed by atoms with Crippen LogP contribution in [-0.2, 0) is 0 Å². The van der Waals surface area contributed by atoms with E-state index in [4.69, 9.17) is 0 Å². The number of carbonyl (C=O) groups is 1. The van der Waals surface area contributed by atoms with E-state index in [9.17, 15) is 4.79 Å². The number of carbonyl (C=O) groups excluding carboxylic acids is 1. The van der Waals surface area contributed by atoms with Gasteiger partial charge in [-0.2, -0.15) is 0 Å². The van der Waals surface area contributed by atoms with Crippen molar-refractivity contribution in [3.63, 3.8) is 0 Å². The van der Waals surface area contributed by atoms with Crippen LogP contribution in [0.3, 0.4) is 0 Å². The van der Waals surface area contributed by atoms with E-state index in [2.05, 4.69) is 43.0 Å². The van der Waals surface area contributed by atoms with E-state index in [1.165, 1.54) is 5.56 Å². The molecule has 2 heteroatoms. The van der Waals surface area contributed by atoms with E-state index in [1.54, 1.807) is 0 Å². The van der Waals surface area contributed by atoms with Gasteiger partial charge >= 0.3 is 0 Å². The Balaban J connectivity index is 2.14. The average Bonchev–Trinajstić information content (AvgIpc) is 2.45. The zero-order valence-electron chi connectivity index (χ0n) is 12.4. The average molecular weight is 267 g/mol. The molecule has 0 aliphatic rings. The predicted octanol–water partition coefficient (Wildman–Crippen LogP) is 4.01. The van der Waals surface area contributed by atoms with Crippen molar-refractivity contribution < 1.29 is 4.79 Å². The fraction of sp³-hybridized carbons (Fsp3) is 0.278. The molecule has 0 atom stereocenters. The number of likely N-dealkylation sites (N-methyl/N-ethyl adjacent to an activating group) is 1. The topological polar surface area (TPSA) is 20.3 Å². The number of ketones is 1. The van der Waals surface area contributed by atoms with Gasteiger partial charge in [0.25, 0.3) is 0 Å². The zero-order valence-corrected chi connectivity index (χ0v) is 12.4. The third-order valence-electron chi connectivity index (χ3n) is 3.46. The maximum atomic E-state index is 12.4. The maximum Gasteiger partial charge on any atom is 0.182 e. The van der Waals surface area contributed by atoms with E-state index in [0.29, 0.717) is 6.54 Å². The minimum atomic E-state index is 0.163. The molecule has 0 bridgehead atoms. The minimum absolute atomic E-state index is 0.163. The molecular formula is C18H21NO. The molecular weight excluding hydrogens is 246 g/mol. The highest BCUT2D eigenvalue weighted by atomic mass is 16.1. The molecule has 0 unspecified atom stereocenters. The molecule has 20 heavy (non-hydrogen) atoms. The Labute approximate surface area is 121 Å². The van der Waals surface area contributed by atoms with Gasteiger partial charge in [0.05, 0.1) is 6.54 Å². The largest absolute Gasteiger partial charge is 0.364 e. The summed E-state index contributed by atoms with van der Waals surface area (Å²) in [6.07, 6.45) is 0. The normalized spacial score (nSPS) is 10.3. The number of rotatable bonds is 5. The smallest absolute Gasteiger partial charge is 0.182 e. The van der Waals surface area contributed by atoms with Gasteiger partial charge in [-0.3, -0.25) is 4.79 Å². The number of Topliss-reactive ketones (excluding diaryl/α,β-unsaturated/α-hetero) is 1. The minimum Gasteiger partial charge on any atom is -0.364 e. The molecule has 0 heterocycles. The van der Waals surface area contributed by atoms with Crippen molar-refractivity contribution in [2.24, 2.45) is 0 Å². The Bertz CT molecular complexity index is 587. The van der Waals surface area contributed by atoms with Crippen molar-refractivity contribution in [1.82, 2.24) is 0 Å². The number of hydrogen-bond donors (Lipinski definition) is 0. The Hall–Kier alpha value is -2.09. The summed E-state index contributed by atoms with van der Waals surface area (Å²) in [4.78, 5) is 14.5. The number of benzene rings is 2. The van der Waals surface area contributed by atoms with E-state index in [-0.39, 0.29) is 5.78 Å². The van der Waals surface area contributed by atoms with Gasteiger partial charge in [-0.25, -0.2) is 0 Å². The summed E-state index contributed by atoms with van der Waals surface area (Å²) < 4.78 is 0. The first-order valence-corrected chi connectivity index (χ1v) is 7.01. The lowest BCUT2D eigenvalue weighted by Gasteiger charge is -2.22. The summed E-state index contributed by atoms with van der Waals surface area (Å²) in [5, 5.41) is 0. The molecule has 2 rings (SSSR count). The van der Waals surface area contributed by atoms with Crippen LogP contribution in [-0.4, -0.2) is 18.9 Å². The molecule has 0 aliphatic carbocycles. The molecule has 2 nitrogen and oxygen atoms in total. The van der Waals surface area contributed by atoms with E-state index < -0.39 is 0 Å². The first-order chi connectivity index (χ1) is 9.60. The second-order valence-corrected chi connectivity index (χ2v) is 5.14. The lowest BCUT2D eigenvalue weighted by Crippen LogP contribution is -2.29. The SMILES string of the molecule is CCN(CC(=O)c1cccc(C)c1)c1ccc(C)cc1. The number of nitrogens with zero attached hydrogens (tertiary/aromatic N) is 1. The van der Waals surface area contributed by atoms with Crippen molar-refractivity contribution in [2.75, 3.05) is 18.0 Å². The Kier molecular flexibility index (Phi) is 4.57. The molecule has 0 spiro atoms. The highest BCUT2D eigenvalue weighted by Gasteiger charge is 2.12. The van der Waals surface area contributed by atoms with Gasteiger partial charge in [0.15, 0.2) is 5.78 Å². The monoisotopic (exact) mass is 267 g/mol. The van der Waals surface area contributed by atoms with Gasteiger partial charge in [-0.1, -0.05) is 41.5 Å². The van der Waals surface area contributed by atoms with Crippen molar-refractivity contribution in [3.8, 4) is 0 Å².